The van der Waals surface area contributed by atoms with Crippen LogP contribution in [0.25, 0.3) is 0 Å². The third kappa shape index (κ3) is 11.9. The number of aliphatic hydroxyl groups is 1. The number of nitrogens with one attached hydrogen (secondary N) is 3. The van der Waals surface area contributed by atoms with Gasteiger partial charge in [-0.25, -0.2) is 4.79 Å². The highest BCUT2D eigenvalue weighted by molar-refractivity contribution is 5.94. The summed E-state index contributed by atoms with van der Waals surface area (Å²) < 4.78 is 0. The topological polar surface area (TPSA) is 255 Å². The number of aliphatic carboxylic acids is 1. The van der Waals surface area contributed by atoms with Gasteiger partial charge >= 0.3 is 5.97 Å². The first-order valence-corrected chi connectivity index (χ1v) is 12.2. The van der Waals surface area contributed by atoms with Crippen LogP contribution < -0.4 is 33.2 Å². The molecule has 212 valence electrons. The Labute approximate surface area is 221 Å². The molecular weight excluding hydrogens is 498 g/mol. The van der Waals surface area contributed by atoms with E-state index >= 15 is 0 Å². The van der Waals surface area contributed by atoms with Gasteiger partial charge in [-0.1, -0.05) is 26.0 Å². The van der Waals surface area contributed by atoms with Gasteiger partial charge in [-0.3, -0.25) is 19.4 Å². The molecule has 0 spiro atoms. The monoisotopic (exact) mass is 537 g/mol. The average molecular weight is 538 g/mol. The molecule has 0 saturated carbocycles. The minimum absolute atomic E-state index is 0.00806. The number of aromatic hydroxyl groups is 1. The molecule has 12 N–H and O–H groups in total. The van der Waals surface area contributed by atoms with E-state index in [1.807, 2.05) is 13.8 Å². The maximum absolute atomic E-state index is 13.1. The van der Waals surface area contributed by atoms with Crippen molar-refractivity contribution in [2.75, 3.05) is 13.2 Å². The number of carboxylic acids is 1. The molecule has 0 saturated heterocycles. The van der Waals surface area contributed by atoms with Crippen molar-refractivity contribution in [2.45, 2.75) is 63.7 Å². The number of carbonyl (C=O) groups excluding carboxylic acids is 3. The van der Waals surface area contributed by atoms with E-state index in [1.54, 1.807) is 0 Å². The fourth-order valence-electron chi connectivity index (χ4n) is 3.47. The fraction of sp³-hybridized carbons (Fsp3) is 0.542. The Balaban J connectivity index is 3.03. The number of nitrogens with zero attached hydrogens (tertiary/aromatic N) is 1. The molecule has 1 aromatic carbocycles. The second kappa shape index (κ2) is 16.0. The zero-order chi connectivity index (χ0) is 28.8. The van der Waals surface area contributed by atoms with Crippen molar-refractivity contribution in [1.29, 1.82) is 0 Å². The Morgan fingerprint density at radius 2 is 1.47 bits per heavy atom. The lowest BCUT2D eigenvalue weighted by molar-refractivity contribution is -0.142. The van der Waals surface area contributed by atoms with E-state index in [-0.39, 0.29) is 43.4 Å². The summed E-state index contributed by atoms with van der Waals surface area (Å²) in [6.45, 7) is 3.15. The third-order valence-corrected chi connectivity index (χ3v) is 5.45. The quantitative estimate of drug-likeness (QED) is 0.0630. The molecule has 0 aliphatic carbocycles. The van der Waals surface area contributed by atoms with E-state index in [9.17, 15) is 34.5 Å². The second-order valence-electron chi connectivity index (χ2n) is 9.26. The Bertz CT molecular complexity index is 965. The van der Waals surface area contributed by atoms with Crippen LogP contribution in [-0.2, 0) is 25.6 Å². The number of carbonyl (C=O) groups is 4. The summed E-state index contributed by atoms with van der Waals surface area (Å²) in [6.07, 6.45) is 0.564. The van der Waals surface area contributed by atoms with Crippen molar-refractivity contribution in [3.8, 4) is 5.75 Å². The molecule has 0 heterocycles. The Morgan fingerprint density at radius 1 is 0.921 bits per heavy atom. The van der Waals surface area contributed by atoms with Crippen LogP contribution in [0.1, 0.15) is 38.7 Å². The summed E-state index contributed by atoms with van der Waals surface area (Å²) in [6, 6.07) is 0.976. The van der Waals surface area contributed by atoms with E-state index in [1.165, 1.54) is 24.3 Å². The maximum Gasteiger partial charge on any atom is 0.326 e. The number of hydrogen-bond acceptors (Lipinski definition) is 8. The Kier molecular flexibility index (Phi) is 13.6. The Hall–Kier alpha value is -3.91. The molecule has 0 aliphatic heterocycles. The van der Waals surface area contributed by atoms with Crippen molar-refractivity contribution in [3.63, 3.8) is 0 Å². The van der Waals surface area contributed by atoms with Gasteiger partial charge in [-0.05, 0) is 42.9 Å². The van der Waals surface area contributed by atoms with Crippen LogP contribution in [0.4, 0.5) is 0 Å². The van der Waals surface area contributed by atoms with E-state index in [0.29, 0.717) is 12.0 Å². The van der Waals surface area contributed by atoms with Crippen LogP contribution in [0.2, 0.25) is 0 Å². The maximum atomic E-state index is 13.1. The summed E-state index contributed by atoms with van der Waals surface area (Å²) in [4.78, 5) is 53.8. The van der Waals surface area contributed by atoms with Crippen molar-refractivity contribution >= 4 is 29.7 Å². The van der Waals surface area contributed by atoms with Crippen LogP contribution in [0.3, 0.4) is 0 Å². The predicted octanol–water partition coefficient (Wildman–Crippen LogP) is -2.11. The molecule has 4 unspecified atom stereocenters. The standard InChI is InChI=1S/C24H39N7O7/c1-13(2)10-16(25)20(34)31-19(12-32)22(36)30-18(11-14-5-7-15(33)8-6-14)21(35)29-17(23(37)38)4-3-9-28-24(26)27/h5-8,13,16-19,32-33H,3-4,9-12,25H2,1-2H3,(H,29,35)(H,30,36)(H,31,34)(H,37,38)(H4,26,27,28). The normalized spacial score (nSPS) is 14.0. The smallest absolute Gasteiger partial charge is 0.326 e. The molecule has 0 aliphatic rings. The molecule has 38 heavy (non-hydrogen) atoms. The van der Waals surface area contributed by atoms with Crippen molar-refractivity contribution in [2.24, 2.45) is 28.1 Å². The number of aliphatic imine (C=N–C) groups is 1. The molecule has 1 rings (SSSR count). The third-order valence-electron chi connectivity index (χ3n) is 5.45. The van der Waals surface area contributed by atoms with Gasteiger partial charge < -0.3 is 48.5 Å². The number of rotatable bonds is 16. The zero-order valence-electron chi connectivity index (χ0n) is 21.6. The summed E-state index contributed by atoms with van der Waals surface area (Å²) in [7, 11) is 0. The van der Waals surface area contributed by atoms with Gasteiger partial charge in [0, 0.05) is 13.0 Å². The number of hydrogen-bond donors (Lipinski definition) is 9. The van der Waals surface area contributed by atoms with Gasteiger partial charge in [0.2, 0.25) is 17.7 Å². The molecule has 1 aromatic rings. The number of aliphatic hydroxyl groups excluding tert-OH is 1. The molecular formula is C24H39N7O7. The fourth-order valence-corrected chi connectivity index (χ4v) is 3.47. The van der Waals surface area contributed by atoms with Gasteiger partial charge in [-0.2, -0.15) is 0 Å². The van der Waals surface area contributed by atoms with Gasteiger partial charge in [0.1, 0.15) is 23.9 Å². The molecule has 0 radical (unpaired) electrons. The molecule has 0 aromatic heterocycles. The molecule has 0 bridgehead atoms. The largest absolute Gasteiger partial charge is 0.508 e. The van der Waals surface area contributed by atoms with Crippen LogP contribution in [0.15, 0.2) is 29.3 Å². The average Bonchev–Trinajstić information content (AvgIpc) is 2.84. The number of benzene rings is 1. The number of phenols is 1. The lowest BCUT2D eigenvalue weighted by atomic mass is 10.0. The Morgan fingerprint density at radius 3 is 2.00 bits per heavy atom. The number of nitrogens with two attached hydrogens (primary N) is 3. The van der Waals surface area contributed by atoms with Crippen molar-refractivity contribution < 1.29 is 34.5 Å². The van der Waals surface area contributed by atoms with Gasteiger partial charge in [0.15, 0.2) is 5.96 Å². The van der Waals surface area contributed by atoms with E-state index in [2.05, 4.69) is 20.9 Å². The highest BCUT2D eigenvalue weighted by Gasteiger charge is 2.30. The minimum atomic E-state index is -1.40. The summed E-state index contributed by atoms with van der Waals surface area (Å²) in [5.41, 5.74) is 16.9. The van der Waals surface area contributed by atoms with Crippen LogP contribution in [0, 0.1) is 5.92 Å². The van der Waals surface area contributed by atoms with Gasteiger partial charge in [-0.15, -0.1) is 0 Å². The summed E-state index contributed by atoms with van der Waals surface area (Å²) in [5, 5.41) is 36.0. The number of carboxylic acid groups (broad SMARTS) is 1. The minimum Gasteiger partial charge on any atom is -0.508 e. The summed E-state index contributed by atoms with van der Waals surface area (Å²) >= 11 is 0. The first kappa shape index (κ1) is 32.1. The lowest BCUT2D eigenvalue weighted by Crippen LogP contribution is -2.58. The van der Waals surface area contributed by atoms with E-state index in [4.69, 9.17) is 17.2 Å². The van der Waals surface area contributed by atoms with Crippen LogP contribution >= 0.6 is 0 Å². The highest BCUT2D eigenvalue weighted by atomic mass is 16.4. The van der Waals surface area contributed by atoms with Crippen molar-refractivity contribution in [3.05, 3.63) is 29.8 Å². The second-order valence-corrected chi connectivity index (χ2v) is 9.26. The van der Waals surface area contributed by atoms with Gasteiger partial charge in [0.05, 0.1) is 12.6 Å². The van der Waals surface area contributed by atoms with Crippen molar-refractivity contribution in [1.82, 2.24) is 16.0 Å². The van der Waals surface area contributed by atoms with Crippen LogP contribution in [0.5, 0.6) is 5.75 Å². The first-order valence-electron chi connectivity index (χ1n) is 12.2. The zero-order valence-corrected chi connectivity index (χ0v) is 21.6. The number of phenolic OH excluding ortho intramolecular Hbond substituents is 1. The number of guanidine groups is 1. The van der Waals surface area contributed by atoms with Gasteiger partial charge in [0.25, 0.3) is 0 Å². The lowest BCUT2D eigenvalue weighted by Gasteiger charge is -2.25. The molecule has 14 heteroatoms. The van der Waals surface area contributed by atoms with E-state index < -0.39 is 54.5 Å². The van der Waals surface area contributed by atoms with E-state index in [0.717, 1.165) is 0 Å². The first-order chi connectivity index (χ1) is 17.8. The summed E-state index contributed by atoms with van der Waals surface area (Å²) in [5.74, 6) is -3.63. The molecule has 0 fully saturated rings. The molecule has 4 atom stereocenters. The highest BCUT2D eigenvalue weighted by Crippen LogP contribution is 2.12. The molecule has 14 nitrogen and oxygen atoms in total. The SMILES string of the molecule is CC(C)CC(N)C(=O)NC(CO)C(=O)NC(Cc1ccc(O)cc1)C(=O)NC(CCCN=C(N)N)C(=O)O. The molecule has 3 amide bonds. The van der Waals surface area contributed by atoms with Crippen LogP contribution in [-0.4, -0.2) is 82.3 Å². The predicted molar refractivity (Wildman–Crippen MR) is 140 cm³/mol. The number of amides is 3.